The summed E-state index contributed by atoms with van der Waals surface area (Å²) in [5.74, 6) is -5.60. The maximum absolute atomic E-state index is 12.9. The fourth-order valence-electron chi connectivity index (χ4n) is 3.76. The highest BCUT2D eigenvalue weighted by molar-refractivity contribution is 6.02. The molecule has 0 radical (unpaired) electrons. The number of esters is 2. The first kappa shape index (κ1) is 22.5. The molecule has 0 heterocycles. The van der Waals surface area contributed by atoms with Crippen molar-refractivity contribution in [3.05, 3.63) is 59.7 Å². The SMILES string of the molecule is CC(C)(C)OC(=O)C(C(=O)OCC1c2ccccc2-c2ccccc21)[C@](C)(N)C(=O)O. The number of fused-ring (bicyclic) bond motifs is 3. The van der Waals surface area contributed by atoms with Crippen molar-refractivity contribution < 1.29 is 29.0 Å². The minimum absolute atomic E-state index is 0.0537. The van der Waals surface area contributed by atoms with Crippen molar-refractivity contribution in [3.63, 3.8) is 0 Å². The molecular formula is C24H27NO6. The van der Waals surface area contributed by atoms with Crippen LogP contribution in [0.4, 0.5) is 0 Å². The fourth-order valence-corrected chi connectivity index (χ4v) is 3.76. The molecule has 0 aliphatic heterocycles. The van der Waals surface area contributed by atoms with Crippen LogP contribution in [0.25, 0.3) is 11.1 Å². The normalized spacial score (nSPS) is 15.9. The van der Waals surface area contributed by atoms with E-state index in [1.807, 2.05) is 48.5 Å². The molecular weight excluding hydrogens is 398 g/mol. The van der Waals surface area contributed by atoms with Gasteiger partial charge in [-0.25, -0.2) is 0 Å². The quantitative estimate of drug-likeness (QED) is 0.540. The molecule has 1 aliphatic carbocycles. The Morgan fingerprint density at radius 2 is 1.42 bits per heavy atom. The van der Waals surface area contributed by atoms with E-state index < -0.39 is 35.0 Å². The highest BCUT2D eigenvalue weighted by Crippen LogP contribution is 2.44. The largest absolute Gasteiger partial charge is 0.480 e. The maximum Gasteiger partial charge on any atom is 0.324 e. The van der Waals surface area contributed by atoms with Gasteiger partial charge < -0.3 is 20.3 Å². The van der Waals surface area contributed by atoms with Crippen LogP contribution in [0, 0.1) is 5.92 Å². The van der Waals surface area contributed by atoms with Crippen molar-refractivity contribution in [1.29, 1.82) is 0 Å². The van der Waals surface area contributed by atoms with Crippen LogP contribution in [-0.4, -0.2) is 40.8 Å². The number of nitrogens with two attached hydrogens (primary N) is 1. The average molecular weight is 425 g/mol. The van der Waals surface area contributed by atoms with Gasteiger partial charge in [0.1, 0.15) is 17.7 Å². The molecule has 0 bridgehead atoms. The predicted octanol–water partition coefficient (Wildman–Crippen LogP) is 3.10. The summed E-state index contributed by atoms with van der Waals surface area (Å²) in [5.41, 5.74) is 6.85. The van der Waals surface area contributed by atoms with E-state index in [1.54, 1.807) is 20.8 Å². The average Bonchev–Trinajstić information content (AvgIpc) is 2.98. The van der Waals surface area contributed by atoms with Crippen molar-refractivity contribution in [2.75, 3.05) is 6.61 Å². The van der Waals surface area contributed by atoms with Crippen LogP contribution in [0.3, 0.4) is 0 Å². The lowest BCUT2D eigenvalue weighted by Crippen LogP contribution is -2.58. The monoisotopic (exact) mass is 425 g/mol. The number of carboxylic acid groups (broad SMARTS) is 1. The molecule has 2 aromatic rings. The van der Waals surface area contributed by atoms with E-state index in [0.29, 0.717) is 0 Å². The van der Waals surface area contributed by atoms with Gasteiger partial charge in [-0.2, -0.15) is 0 Å². The molecule has 164 valence electrons. The number of aliphatic carboxylic acids is 1. The fraction of sp³-hybridized carbons (Fsp3) is 0.375. The zero-order valence-corrected chi connectivity index (χ0v) is 18.0. The molecule has 0 saturated heterocycles. The van der Waals surface area contributed by atoms with Crippen LogP contribution in [0.2, 0.25) is 0 Å². The molecule has 1 aliphatic rings. The summed E-state index contributed by atoms with van der Waals surface area (Å²) in [7, 11) is 0. The predicted molar refractivity (Wildman–Crippen MR) is 114 cm³/mol. The molecule has 0 saturated carbocycles. The maximum atomic E-state index is 12.9. The lowest BCUT2D eigenvalue weighted by molar-refractivity contribution is -0.177. The molecule has 3 rings (SSSR count). The summed E-state index contributed by atoms with van der Waals surface area (Å²) in [6.45, 7) is 5.91. The van der Waals surface area contributed by atoms with Gasteiger partial charge >= 0.3 is 17.9 Å². The zero-order valence-electron chi connectivity index (χ0n) is 18.0. The Bertz CT molecular complexity index is 975. The standard InChI is InChI=1S/C24H27NO6/c1-23(2,3)31-21(27)19(24(4,25)22(28)29)20(26)30-13-18-16-11-7-5-9-14(16)15-10-6-8-12-17(15)18/h5-12,18-19H,13,25H2,1-4H3,(H,28,29)/t19?,24-/m0/s1. The highest BCUT2D eigenvalue weighted by Gasteiger charge is 2.50. The second-order valence-electron chi connectivity index (χ2n) is 8.91. The van der Waals surface area contributed by atoms with Crippen LogP contribution in [0.5, 0.6) is 0 Å². The molecule has 0 aromatic heterocycles. The first-order chi connectivity index (χ1) is 14.4. The molecule has 0 amide bonds. The van der Waals surface area contributed by atoms with E-state index in [2.05, 4.69) is 0 Å². The Hall–Kier alpha value is -3.19. The topological polar surface area (TPSA) is 116 Å². The van der Waals surface area contributed by atoms with Gasteiger partial charge in [0.25, 0.3) is 0 Å². The Morgan fingerprint density at radius 3 is 1.87 bits per heavy atom. The third-order valence-electron chi connectivity index (χ3n) is 5.29. The molecule has 3 N–H and O–H groups in total. The van der Waals surface area contributed by atoms with E-state index in [9.17, 15) is 19.5 Å². The highest BCUT2D eigenvalue weighted by atomic mass is 16.6. The van der Waals surface area contributed by atoms with Gasteiger partial charge in [-0.1, -0.05) is 48.5 Å². The van der Waals surface area contributed by atoms with Gasteiger partial charge in [0, 0.05) is 5.92 Å². The van der Waals surface area contributed by atoms with E-state index in [-0.39, 0.29) is 12.5 Å². The summed E-state index contributed by atoms with van der Waals surface area (Å²) in [6.07, 6.45) is 0. The van der Waals surface area contributed by atoms with Gasteiger partial charge in [-0.3, -0.25) is 14.4 Å². The van der Waals surface area contributed by atoms with Crippen molar-refractivity contribution in [3.8, 4) is 11.1 Å². The second-order valence-corrected chi connectivity index (χ2v) is 8.91. The molecule has 7 nitrogen and oxygen atoms in total. The van der Waals surface area contributed by atoms with Gasteiger partial charge in [0.05, 0.1) is 0 Å². The van der Waals surface area contributed by atoms with Crippen LogP contribution in [-0.2, 0) is 23.9 Å². The van der Waals surface area contributed by atoms with Gasteiger partial charge in [0.15, 0.2) is 5.92 Å². The number of carbonyl (C=O) groups is 3. The lowest BCUT2D eigenvalue weighted by Gasteiger charge is -2.30. The molecule has 1 unspecified atom stereocenters. The summed E-state index contributed by atoms with van der Waals surface area (Å²) in [4.78, 5) is 37.3. The van der Waals surface area contributed by atoms with Crippen molar-refractivity contribution in [1.82, 2.24) is 0 Å². The van der Waals surface area contributed by atoms with Crippen LogP contribution in [0.15, 0.2) is 48.5 Å². The van der Waals surface area contributed by atoms with E-state index in [0.717, 1.165) is 29.2 Å². The number of carboxylic acids is 1. The molecule has 2 aromatic carbocycles. The second kappa shape index (κ2) is 8.15. The number of rotatable bonds is 6. The summed E-state index contributed by atoms with van der Waals surface area (Å²) < 4.78 is 10.7. The summed E-state index contributed by atoms with van der Waals surface area (Å²) in [6, 6.07) is 15.6. The van der Waals surface area contributed by atoms with E-state index >= 15 is 0 Å². The van der Waals surface area contributed by atoms with Crippen LogP contribution < -0.4 is 5.73 Å². The Balaban J connectivity index is 1.86. The minimum Gasteiger partial charge on any atom is -0.480 e. The first-order valence-electron chi connectivity index (χ1n) is 10.0. The van der Waals surface area contributed by atoms with Crippen molar-refractivity contribution >= 4 is 17.9 Å². The Labute approximate surface area is 181 Å². The molecule has 0 spiro atoms. The number of carbonyl (C=O) groups excluding carboxylic acids is 2. The van der Waals surface area contributed by atoms with Crippen molar-refractivity contribution in [2.24, 2.45) is 11.7 Å². The third-order valence-corrected chi connectivity index (χ3v) is 5.29. The first-order valence-corrected chi connectivity index (χ1v) is 10.0. The van der Waals surface area contributed by atoms with Gasteiger partial charge in [-0.05, 0) is 49.9 Å². The minimum atomic E-state index is -2.19. The van der Waals surface area contributed by atoms with E-state index in [1.165, 1.54) is 0 Å². The lowest BCUT2D eigenvalue weighted by atomic mass is 9.86. The Kier molecular flexibility index (Phi) is 5.91. The molecule has 0 fully saturated rings. The van der Waals surface area contributed by atoms with E-state index in [4.69, 9.17) is 15.2 Å². The number of benzene rings is 2. The van der Waals surface area contributed by atoms with Crippen LogP contribution >= 0.6 is 0 Å². The third kappa shape index (κ3) is 4.46. The molecule has 31 heavy (non-hydrogen) atoms. The Morgan fingerprint density at radius 1 is 0.935 bits per heavy atom. The van der Waals surface area contributed by atoms with Crippen LogP contribution in [0.1, 0.15) is 44.7 Å². The summed E-state index contributed by atoms with van der Waals surface area (Å²) >= 11 is 0. The number of hydrogen-bond acceptors (Lipinski definition) is 6. The van der Waals surface area contributed by atoms with Gasteiger partial charge in [-0.15, -0.1) is 0 Å². The molecule has 2 atom stereocenters. The smallest absolute Gasteiger partial charge is 0.324 e. The summed E-state index contributed by atoms with van der Waals surface area (Å²) in [5, 5.41) is 9.51. The van der Waals surface area contributed by atoms with Crippen molar-refractivity contribution in [2.45, 2.75) is 44.8 Å². The molecule has 7 heteroatoms. The number of ether oxygens (including phenoxy) is 2. The zero-order chi connectivity index (χ0) is 23.0. The van der Waals surface area contributed by atoms with Gasteiger partial charge in [0.2, 0.25) is 0 Å². The number of hydrogen-bond donors (Lipinski definition) is 2.